The molecule has 1 aromatic heterocycles. The Balaban J connectivity index is 2.22. The summed E-state index contributed by atoms with van der Waals surface area (Å²) in [5, 5.41) is 0. The fourth-order valence-corrected chi connectivity index (χ4v) is 1.38. The van der Waals surface area contributed by atoms with Crippen molar-refractivity contribution in [3.63, 3.8) is 0 Å². The molecule has 0 aliphatic heterocycles. The molecule has 2 N–H and O–H groups in total. The van der Waals surface area contributed by atoms with Crippen LogP contribution in [0.4, 0.5) is 5.82 Å². The van der Waals surface area contributed by atoms with E-state index in [1.54, 1.807) is 0 Å². The van der Waals surface area contributed by atoms with Crippen molar-refractivity contribution in [3.05, 3.63) is 11.4 Å². The number of nitrogen functional groups attached to an aromatic ring is 1. The van der Waals surface area contributed by atoms with Gasteiger partial charge in [0.15, 0.2) is 0 Å². The highest BCUT2D eigenvalue weighted by Gasteiger charge is 2.21. The summed E-state index contributed by atoms with van der Waals surface area (Å²) in [4.78, 5) is 8.31. The highest BCUT2D eigenvalue weighted by molar-refractivity contribution is 5.44. The minimum Gasteiger partial charge on any atom is -0.474 e. The number of nitrogens with zero attached hydrogens (tertiary/aromatic N) is 2. The zero-order valence-electron chi connectivity index (χ0n) is 8.58. The number of hydrogen-bond donors (Lipinski definition) is 1. The van der Waals surface area contributed by atoms with E-state index in [4.69, 9.17) is 10.5 Å². The fourth-order valence-electron chi connectivity index (χ4n) is 1.38. The molecule has 0 radical (unpaired) electrons. The molecule has 4 heteroatoms. The molecule has 1 heterocycles. The monoisotopic (exact) mass is 193 g/mol. The SMILES string of the molecule is Cc1nc(N)c(C)c(OC2CCC2)n1. The quantitative estimate of drug-likeness (QED) is 0.775. The van der Waals surface area contributed by atoms with Crippen LogP contribution in [-0.4, -0.2) is 16.1 Å². The Morgan fingerprint density at radius 3 is 2.57 bits per heavy atom. The van der Waals surface area contributed by atoms with Crippen LogP contribution in [0, 0.1) is 13.8 Å². The highest BCUT2D eigenvalue weighted by atomic mass is 16.5. The van der Waals surface area contributed by atoms with Crippen LogP contribution in [-0.2, 0) is 0 Å². The third-order valence-electron chi connectivity index (χ3n) is 2.58. The molecule has 1 saturated carbocycles. The molecule has 1 fully saturated rings. The minimum atomic E-state index is 0.336. The van der Waals surface area contributed by atoms with Crippen LogP contribution in [0.5, 0.6) is 5.88 Å². The Bertz CT molecular complexity index is 347. The van der Waals surface area contributed by atoms with Crippen LogP contribution in [0.3, 0.4) is 0 Å². The van der Waals surface area contributed by atoms with Crippen LogP contribution < -0.4 is 10.5 Å². The fraction of sp³-hybridized carbons (Fsp3) is 0.600. The van der Waals surface area contributed by atoms with Crippen LogP contribution in [0.1, 0.15) is 30.7 Å². The molecule has 1 aliphatic carbocycles. The average Bonchev–Trinajstić information content (AvgIpc) is 2.05. The van der Waals surface area contributed by atoms with Gasteiger partial charge < -0.3 is 10.5 Å². The van der Waals surface area contributed by atoms with Gasteiger partial charge in [0.25, 0.3) is 0 Å². The Morgan fingerprint density at radius 2 is 2.00 bits per heavy atom. The van der Waals surface area contributed by atoms with Gasteiger partial charge in [0.05, 0.1) is 5.56 Å². The van der Waals surface area contributed by atoms with Crippen molar-refractivity contribution in [1.82, 2.24) is 9.97 Å². The van der Waals surface area contributed by atoms with Crippen molar-refractivity contribution in [2.45, 2.75) is 39.2 Å². The van der Waals surface area contributed by atoms with Gasteiger partial charge in [0.2, 0.25) is 5.88 Å². The molecule has 0 amide bonds. The standard InChI is InChI=1S/C10H15N3O/c1-6-9(11)12-7(2)13-10(6)14-8-4-3-5-8/h8H,3-5H2,1-2H3,(H2,11,12,13). The van der Waals surface area contributed by atoms with Crippen molar-refractivity contribution in [3.8, 4) is 5.88 Å². The van der Waals surface area contributed by atoms with Gasteiger partial charge in [-0.1, -0.05) is 0 Å². The molecule has 0 aromatic carbocycles. The lowest BCUT2D eigenvalue weighted by Crippen LogP contribution is -2.25. The summed E-state index contributed by atoms with van der Waals surface area (Å²) >= 11 is 0. The van der Waals surface area contributed by atoms with E-state index in [-0.39, 0.29) is 0 Å². The van der Waals surface area contributed by atoms with Gasteiger partial charge >= 0.3 is 0 Å². The topological polar surface area (TPSA) is 61.0 Å². The summed E-state index contributed by atoms with van der Waals surface area (Å²) in [5.74, 6) is 1.84. The van der Waals surface area contributed by atoms with Crippen molar-refractivity contribution >= 4 is 5.82 Å². The number of ether oxygens (including phenoxy) is 1. The molecule has 0 bridgehead atoms. The maximum atomic E-state index is 5.73. The molecule has 4 nitrogen and oxygen atoms in total. The van der Waals surface area contributed by atoms with E-state index in [2.05, 4.69) is 9.97 Å². The normalized spacial score (nSPS) is 16.4. The van der Waals surface area contributed by atoms with Crippen molar-refractivity contribution in [2.75, 3.05) is 5.73 Å². The Hall–Kier alpha value is -1.32. The van der Waals surface area contributed by atoms with Crippen LogP contribution >= 0.6 is 0 Å². The molecule has 2 rings (SSSR count). The number of anilines is 1. The van der Waals surface area contributed by atoms with Crippen LogP contribution in [0.25, 0.3) is 0 Å². The first-order valence-corrected chi connectivity index (χ1v) is 4.94. The molecule has 0 spiro atoms. The van der Waals surface area contributed by atoms with E-state index in [1.165, 1.54) is 6.42 Å². The summed E-state index contributed by atoms with van der Waals surface area (Å²) in [7, 11) is 0. The second-order valence-electron chi connectivity index (χ2n) is 3.76. The number of aromatic nitrogens is 2. The van der Waals surface area contributed by atoms with Crippen LogP contribution in [0.2, 0.25) is 0 Å². The number of hydrogen-bond acceptors (Lipinski definition) is 4. The van der Waals surface area contributed by atoms with Gasteiger partial charge in [0.1, 0.15) is 17.7 Å². The Morgan fingerprint density at radius 1 is 1.29 bits per heavy atom. The van der Waals surface area contributed by atoms with Crippen molar-refractivity contribution in [2.24, 2.45) is 0 Å². The molecule has 76 valence electrons. The lowest BCUT2D eigenvalue weighted by Gasteiger charge is -2.26. The zero-order chi connectivity index (χ0) is 10.1. The maximum absolute atomic E-state index is 5.73. The number of rotatable bonds is 2. The summed E-state index contributed by atoms with van der Waals surface area (Å²) < 4.78 is 5.71. The van der Waals surface area contributed by atoms with Gasteiger partial charge in [-0.05, 0) is 33.1 Å². The first-order chi connectivity index (χ1) is 6.66. The molecule has 1 aliphatic rings. The van der Waals surface area contributed by atoms with Gasteiger partial charge in [-0.2, -0.15) is 4.98 Å². The minimum absolute atomic E-state index is 0.336. The molecule has 0 saturated heterocycles. The summed E-state index contributed by atoms with van der Waals surface area (Å²) in [6, 6.07) is 0. The summed E-state index contributed by atoms with van der Waals surface area (Å²) in [5.41, 5.74) is 6.58. The molecule has 0 unspecified atom stereocenters. The summed E-state index contributed by atoms with van der Waals surface area (Å²) in [6.45, 7) is 3.71. The third kappa shape index (κ3) is 1.64. The smallest absolute Gasteiger partial charge is 0.222 e. The molecular formula is C10H15N3O. The van der Waals surface area contributed by atoms with E-state index in [0.717, 1.165) is 18.4 Å². The second-order valence-corrected chi connectivity index (χ2v) is 3.76. The first kappa shape index (κ1) is 9.24. The van der Waals surface area contributed by atoms with E-state index < -0.39 is 0 Å². The van der Waals surface area contributed by atoms with Gasteiger partial charge in [-0.15, -0.1) is 0 Å². The second kappa shape index (κ2) is 3.44. The predicted molar refractivity (Wildman–Crippen MR) is 54.2 cm³/mol. The van der Waals surface area contributed by atoms with Crippen molar-refractivity contribution < 1.29 is 4.74 Å². The molecule has 1 aromatic rings. The molecule has 14 heavy (non-hydrogen) atoms. The first-order valence-electron chi connectivity index (χ1n) is 4.94. The van der Waals surface area contributed by atoms with Gasteiger partial charge in [-0.3, -0.25) is 0 Å². The number of nitrogens with two attached hydrogens (primary N) is 1. The lowest BCUT2D eigenvalue weighted by atomic mass is 9.96. The largest absolute Gasteiger partial charge is 0.474 e. The Kier molecular flexibility index (Phi) is 2.27. The van der Waals surface area contributed by atoms with E-state index in [0.29, 0.717) is 23.6 Å². The third-order valence-corrected chi connectivity index (χ3v) is 2.58. The maximum Gasteiger partial charge on any atom is 0.222 e. The van der Waals surface area contributed by atoms with Gasteiger partial charge in [0, 0.05) is 0 Å². The van der Waals surface area contributed by atoms with Crippen molar-refractivity contribution in [1.29, 1.82) is 0 Å². The lowest BCUT2D eigenvalue weighted by molar-refractivity contribution is 0.113. The average molecular weight is 193 g/mol. The Labute approximate surface area is 83.5 Å². The van der Waals surface area contributed by atoms with E-state index in [1.807, 2.05) is 13.8 Å². The van der Waals surface area contributed by atoms with E-state index in [9.17, 15) is 0 Å². The number of aryl methyl sites for hydroxylation is 1. The molecule has 0 atom stereocenters. The van der Waals surface area contributed by atoms with Gasteiger partial charge in [-0.25, -0.2) is 4.98 Å². The van der Waals surface area contributed by atoms with E-state index >= 15 is 0 Å². The zero-order valence-corrected chi connectivity index (χ0v) is 8.58. The van der Waals surface area contributed by atoms with Crippen LogP contribution in [0.15, 0.2) is 0 Å². The highest BCUT2D eigenvalue weighted by Crippen LogP contribution is 2.27. The summed E-state index contributed by atoms with van der Waals surface area (Å²) in [6.07, 6.45) is 3.84. The predicted octanol–water partition coefficient (Wildman–Crippen LogP) is 1.61. The molecular weight excluding hydrogens is 178 g/mol.